The zero-order valence-corrected chi connectivity index (χ0v) is 15.8. The van der Waals surface area contributed by atoms with E-state index in [0.717, 1.165) is 27.7 Å². The zero-order valence-electron chi connectivity index (χ0n) is 15.8. The van der Waals surface area contributed by atoms with E-state index >= 15 is 0 Å². The molecule has 0 aliphatic rings. The average molecular weight is 381 g/mol. The molecule has 1 heterocycles. The van der Waals surface area contributed by atoms with Crippen LogP contribution in [0.4, 0.5) is 5.69 Å². The summed E-state index contributed by atoms with van der Waals surface area (Å²) in [6.07, 6.45) is 0. The SMILES string of the molecule is Cc1ccc2nc(-c3ccccc3)cc(C(=O)Nc3ccc(C(N)=O)cc3)c2c1. The number of hydrogen-bond acceptors (Lipinski definition) is 3. The lowest BCUT2D eigenvalue weighted by molar-refractivity contribution is 0.0998. The van der Waals surface area contributed by atoms with E-state index in [9.17, 15) is 9.59 Å². The van der Waals surface area contributed by atoms with Crippen LogP contribution in [0.5, 0.6) is 0 Å². The molecule has 2 amide bonds. The molecular formula is C24H19N3O2. The van der Waals surface area contributed by atoms with Crippen molar-refractivity contribution in [3.05, 3.63) is 95.6 Å². The third-order valence-electron chi connectivity index (χ3n) is 4.71. The number of primary amides is 1. The van der Waals surface area contributed by atoms with Gasteiger partial charge in [0, 0.05) is 22.2 Å². The molecule has 5 nitrogen and oxygen atoms in total. The fourth-order valence-electron chi connectivity index (χ4n) is 3.20. The van der Waals surface area contributed by atoms with Gasteiger partial charge in [0.25, 0.3) is 5.91 Å². The summed E-state index contributed by atoms with van der Waals surface area (Å²) in [5, 5.41) is 3.68. The highest BCUT2D eigenvalue weighted by atomic mass is 16.2. The van der Waals surface area contributed by atoms with Crippen molar-refractivity contribution in [2.75, 3.05) is 5.32 Å². The predicted octanol–water partition coefficient (Wildman–Crippen LogP) is 4.56. The Bertz CT molecular complexity index is 1220. The van der Waals surface area contributed by atoms with Gasteiger partial charge in [-0.3, -0.25) is 9.59 Å². The van der Waals surface area contributed by atoms with Crippen LogP contribution in [0.2, 0.25) is 0 Å². The van der Waals surface area contributed by atoms with E-state index in [1.807, 2.05) is 61.5 Å². The van der Waals surface area contributed by atoms with Gasteiger partial charge >= 0.3 is 0 Å². The van der Waals surface area contributed by atoms with Crippen LogP contribution in [0.1, 0.15) is 26.3 Å². The van der Waals surface area contributed by atoms with Crippen molar-refractivity contribution in [1.82, 2.24) is 4.98 Å². The first-order valence-corrected chi connectivity index (χ1v) is 9.19. The lowest BCUT2D eigenvalue weighted by Crippen LogP contribution is -2.14. The van der Waals surface area contributed by atoms with Gasteiger partial charge in [-0.25, -0.2) is 4.98 Å². The van der Waals surface area contributed by atoms with E-state index in [1.54, 1.807) is 24.3 Å². The number of nitrogens with zero attached hydrogens (tertiary/aromatic N) is 1. The Hall–Kier alpha value is -3.99. The summed E-state index contributed by atoms with van der Waals surface area (Å²) >= 11 is 0. The van der Waals surface area contributed by atoms with Gasteiger partial charge in [-0.05, 0) is 49.4 Å². The molecule has 3 N–H and O–H groups in total. The molecule has 0 aliphatic heterocycles. The van der Waals surface area contributed by atoms with Gasteiger partial charge in [0.1, 0.15) is 0 Å². The van der Waals surface area contributed by atoms with Crippen LogP contribution in [-0.4, -0.2) is 16.8 Å². The highest BCUT2D eigenvalue weighted by Gasteiger charge is 2.15. The molecule has 142 valence electrons. The van der Waals surface area contributed by atoms with Gasteiger partial charge in [0.15, 0.2) is 0 Å². The van der Waals surface area contributed by atoms with Crippen molar-refractivity contribution in [2.24, 2.45) is 5.73 Å². The summed E-state index contributed by atoms with van der Waals surface area (Å²) in [6.45, 7) is 1.98. The van der Waals surface area contributed by atoms with Gasteiger partial charge in [-0.1, -0.05) is 42.0 Å². The molecule has 29 heavy (non-hydrogen) atoms. The van der Waals surface area contributed by atoms with Crippen molar-refractivity contribution in [3.63, 3.8) is 0 Å². The minimum absolute atomic E-state index is 0.244. The number of carbonyl (C=O) groups is 2. The van der Waals surface area contributed by atoms with Crippen LogP contribution >= 0.6 is 0 Å². The van der Waals surface area contributed by atoms with Crippen LogP contribution in [-0.2, 0) is 0 Å². The molecule has 0 bridgehead atoms. The number of anilines is 1. The topological polar surface area (TPSA) is 85.1 Å². The maximum atomic E-state index is 13.1. The van der Waals surface area contributed by atoms with Crippen LogP contribution in [0.3, 0.4) is 0 Å². The lowest BCUT2D eigenvalue weighted by Gasteiger charge is -2.11. The van der Waals surface area contributed by atoms with Crippen LogP contribution < -0.4 is 11.1 Å². The van der Waals surface area contributed by atoms with Crippen LogP contribution in [0.25, 0.3) is 22.2 Å². The van der Waals surface area contributed by atoms with Crippen molar-refractivity contribution in [3.8, 4) is 11.3 Å². The first-order valence-electron chi connectivity index (χ1n) is 9.19. The van der Waals surface area contributed by atoms with Gasteiger partial charge in [0.2, 0.25) is 5.91 Å². The fourth-order valence-corrected chi connectivity index (χ4v) is 3.20. The number of rotatable bonds is 4. The van der Waals surface area contributed by atoms with Gasteiger partial charge in [-0.15, -0.1) is 0 Å². The number of aryl methyl sites for hydroxylation is 1. The predicted molar refractivity (Wildman–Crippen MR) is 115 cm³/mol. The van der Waals surface area contributed by atoms with Gasteiger partial charge in [0.05, 0.1) is 16.8 Å². The van der Waals surface area contributed by atoms with Crippen molar-refractivity contribution >= 4 is 28.4 Å². The van der Waals surface area contributed by atoms with Crippen molar-refractivity contribution in [2.45, 2.75) is 6.92 Å². The highest BCUT2D eigenvalue weighted by molar-refractivity contribution is 6.13. The molecule has 0 atom stereocenters. The first kappa shape index (κ1) is 18.4. The van der Waals surface area contributed by atoms with Crippen molar-refractivity contribution < 1.29 is 9.59 Å². The van der Waals surface area contributed by atoms with E-state index < -0.39 is 5.91 Å². The normalized spacial score (nSPS) is 10.7. The lowest BCUT2D eigenvalue weighted by atomic mass is 10.0. The second-order valence-electron chi connectivity index (χ2n) is 6.84. The zero-order chi connectivity index (χ0) is 20.4. The second kappa shape index (κ2) is 7.56. The first-order chi connectivity index (χ1) is 14.0. The minimum atomic E-state index is -0.508. The molecule has 0 radical (unpaired) electrons. The van der Waals surface area contributed by atoms with Gasteiger partial charge < -0.3 is 11.1 Å². The Morgan fingerprint density at radius 2 is 1.62 bits per heavy atom. The number of nitrogens with two attached hydrogens (primary N) is 1. The molecule has 0 aliphatic carbocycles. The summed E-state index contributed by atoms with van der Waals surface area (Å²) < 4.78 is 0. The van der Waals surface area contributed by atoms with E-state index in [0.29, 0.717) is 16.8 Å². The Kier molecular flexibility index (Phi) is 4.79. The molecule has 4 aromatic rings. The van der Waals surface area contributed by atoms with Crippen LogP contribution in [0.15, 0.2) is 78.9 Å². The maximum Gasteiger partial charge on any atom is 0.256 e. The second-order valence-corrected chi connectivity index (χ2v) is 6.84. The Labute approximate surface area is 168 Å². The maximum absolute atomic E-state index is 13.1. The quantitative estimate of drug-likeness (QED) is 0.543. The number of hydrogen-bond donors (Lipinski definition) is 2. The monoisotopic (exact) mass is 381 g/mol. The van der Waals surface area contributed by atoms with E-state index in [4.69, 9.17) is 10.7 Å². The molecule has 0 spiro atoms. The van der Waals surface area contributed by atoms with E-state index in [-0.39, 0.29) is 5.91 Å². The third-order valence-corrected chi connectivity index (χ3v) is 4.71. The Morgan fingerprint density at radius 1 is 0.897 bits per heavy atom. The molecule has 0 unspecified atom stereocenters. The number of carbonyl (C=O) groups excluding carboxylic acids is 2. The minimum Gasteiger partial charge on any atom is -0.366 e. The van der Waals surface area contributed by atoms with Crippen LogP contribution in [0, 0.1) is 6.92 Å². The molecule has 3 aromatic carbocycles. The number of fused-ring (bicyclic) bond motifs is 1. The van der Waals surface area contributed by atoms with E-state index in [2.05, 4.69) is 5.32 Å². The Morgan fingerprint density at radius 3 is 2.31 bits per heavy atom. The molecule has 0 saturated heterocycles. The summed E-state index contributed by atoms with van der Waals surface area (Å²) in [4.78, 5) is 29.1. The Balaban J connectivity index is 1.77. The summed E-state index contributed by atoms with van der Waals surface area (Å²) in [6, 6.07) is 23.9. The summed E-state index contributed by atoms with van der Waals surface area (Å²) in [5.74, 6) is -0.752. The molecule has 1 aromatic heterocycles. The van der Waals surface area contributed by atoms with Gasteiger partial charge in [-0.2, -0.15) is 0 Å². The number of amides is 2. The summed E-state index contributed by atoms with van der Waals surface area (Å²) in [7, 11) is 0. The third kappa shape index (κ3) is 3.84. The average Bonchev–Trinajstić information content (AvgIpc) is 2.74. The smallest absolute Gasteiger partial charge is 0.256 e. The molecular weight excluding hydrogens is 362 g/mol. The molecule has 0 saturated carbocycles. The fraction of sp³-hybridized carbons (Fsp3) is 0.0417. The highest BCUT2D eigenvalue weighted by Crippen LogP contribution is 2.26. The number of aromatic nitrogens is 1. The number of pyridine rings is 1. The molecule has 5 heteroatoms. The standard InChI is InChI=1S/C24H19N3O2/c1-15-7-12-21-19(13-15)20(14-22(27-21)16-5-3-2-4-6-16)24(29)26-18-10-8-17(9-11-18)23(25)28/h2-14H,1H3,(H2,25,28)(H,26,29). The number of benzene rings is 3. The largest absolute Gasteiger partial charge is 0.366 e. The van der Waals surface area contributed by atoms with Crippen molar-refractivity contribution in [1.29, 1.82) is 0 Å². The summed E-state index contributed by atoms with van der Waals surface area (Å²) in [5.41, 5.74) is 10.3. The molecule has 4 rings (SSSR count). The number of nitrogens with one attached hydrogen (secondary N) is 1. The van der Waals surface area contributed by atoms with E-state index in [1.165, 1.54) is 0 Å². The molecule has 0 fully saturated rings.